The summed E-state index contributed by atoms with van der Waals surface area (Å²) >= 11 is 5.48. The normalized spacial score (nSPS) is 24.4. The highest BCUT2D eigenvalue weighted by molar-refractivity contribution is 8.07. The van der Waals surface area contributed by atoms with Crippen molar-refractivity contribution in [3.8, 4) is 0 Å². The summed E-state index contributed by atoms with van der Waals surface area (Å²) in [7, 11) is -2.56. The van der Waals surface area contributed by atoms with E-state index in [-0.39, 0.29) is 46.2 Å². The summed E-state index contributed by atoms with van der Waals surface area (Å²) in [6.07, 6.45) is -2.72. The van der Waals surface area contributed by atoms with Crippen LogP contribution in [0.25, 0.3) is 22.2 Å². The summed E-state index contributed by atoms with van der Waals surface area (Å²) in [5.41, 5.74) is 0.226. The van der Waals surface area contributed by atoms with E-state index in [0.29, 0.717) is 16.6 Å². The van der Waals surface area contributed by atoms with Crippen molar-refractivity contribution in [3.05, 3.63) is 71.2 Å². The number of fused-ring (bicyclic) bond motifs is 2. The molecule has 0 saturated carbocycles. The number of benzene rings is 1. The van der Waals surface area contributed by atoms with Crippen LogP contribution < -0.4 is 16.2 Å². The molecule has 8 atom stereocenters. The molecule has 328 valence electrons. The molecule has 0 bridgehead atoms. The molecule has 7 rings (SSSR count). The Morgan fingerprint density at radius 3 is 2.49 bits per heavy atom. The number of hydrogen-bond donors (Lipinski definition) is 6. The van der Waals surface area contributed by atoms with E-state index in [4.69, 9.17) is 34.8 Å². The Hall–Kier alpha value is -4.32. The van der Waals surface area contributed by atoms with E-state index in [0.717, 1.165) is 0 Å². The molecule has 0 radical (unpaired) electrons. The SMILES string of the molecule is CC(C)C(=O)Nc1nc2c(ncn2[C@@H]2O[C@H](CO)C[C@@H]2OP(O)(=S)OC[C@H]2O[C@@H](n3ccc4c(NC(=O)c5ccccc5)ncnc43)[C@@H](O[Si](C)(C)C(C)(C)C)[C@H]2O)c(=O)[nH]1. The third-order valence-corrected chi connectivity index (χ3v) is 17.2. The molecule has 23 heteroatoms. The van der Waals surface area contributed by atoms with Gasteiger partial charge in [-0.2, -0.15) is 4.98 Å². The first kappa shape index (κ1) is 44.7. The smallest absolute Gasteiger partial charge is 0.325 e. The lowest BCUT2D eigenvalue weighted by Gasteiger charge is -2.40. The summed E-state index contributed by atoms with van der Waals surface area (Å²) in [6.45, 7) is 8.71. The maximum Gasteiger partial charge on any atom is 0.325 e. The van der Waals surface area contributed by atoms with Crippen molar-refractivity contribution < 1.29 is 47.6 Å². The van der Waals surface area contributed by atoms with Crippen molar-refractivity contribution in [2.75, 3.05) is 23.8 Å². The molecule has 1 unspecified atom stereocenters. The minimum atomic E-state index is -4.16. The van der Waals surface area contributed by atoms with E-state index < -0.39 is 82.7 Å². The Bertz CT molecular complexity index is 2510. The van der Waals surface area contributed by atoms with Gasteiger partial charge in [0.15, 0.2) is 31.9 Å². The molecule has 20 nitrogen and oxygen atoms in total. The quantitative estimate of drug-likeness (QED) is 0.0681. The number of aromatic amines is 1. The largest absolute Gasteiger partial charge is 0.407 e. The lowest BCUT2D eigenvalue weighted by Crippen LogP contribution is -2.48. The molecule has 2 fully saturated rings. The van der Waals surface area contributed by atoms with E-state index in [9.17, 15) is 29.5 Å². The van der Waals surface area contributed by atoms with Crippen LogP contribution in [0.5, 0.6) is 0 Å². The summed E-state index contributed by atoms with van der Waals surface area (Å²) in [5, 5.41) is 27.6. The monoisotopic (exact) mass is 899 g/mol. The zero-order chi connectivity index (χ0) is 44.0. The van der Waals surface area contributed by atoms with Crippen molar-refractivity contribution in [2.45, 2.75) is 102 Å². The zero-order valence-electron chi connectivity index (χ0n) is 34.6. The number of aliphatic hydroxyl groups is 2. The zero-order valence-corrected chi connectivity index (χ0v) is 37.3. The number of ether oxygens (including phenoxy) is 2. The van der Waals surface area contributed by atoms with E-state index in [1.54, 1.807) is 54.9 Å². The number of amides is 2. The number of imidazole rings is 1. The van der Waals surface area contributed by atoms with Crippen LogP contribution in [0.4, 0.5) is 11.8 Å². The minimum absolute atomic E-state index is 0.0435. The van der Waals surface area contributed by atoms with Gasteiger partial charge in [0.1, 0.15) is 42.2 Å². The number of hydrogen-bond acceptors (Lipinski definition) is 15. The number of anilines is 2. The Morgan fingerprint density at radius 1 is 1.07 bits per heavy atom. The fraction of sp³-hybridized carbons (Fsp3) is 0.500. The summed E-state index contributed by atoms with van der Waals surface area (Å²) in [5.74, 6) is -0.954. The highest BCUT2D eigenvalue weighted by Crippen LogP contribution is 2.51. The molecule has 0 spiro atoms. The van der Waals surface area contributed by atoms with E-state index in [2.05, 4.69) is 56.3 Å². The first-order valence-corrected chi connectivity index (χ1v) is 25.2. The number of aromatic nitrogens is 7. The van der Waals surface area contributed by atoms with Crippen LogP contribution in [0.2, 0.25) is 18.1 Å². The number of carbonyl (C=O) groups excluding carboxylic acids is 2. The average Bonchev–Trinajstić information content (AvgIpc) is 3.99. The van der Waals surface area contributed by atoms with Gasteiger partial charge in [-0.25, -0.2) is 15.0 Å². The number of nitrogens with one attached hydrogen (secondary N) is 3. The molecule has 2 amide bonds. The summed E-state index contributed by atoms with van der Waals surface area (Å²) in [4.78, 5) is 69.7. The molecule has 1 aromatic carbocycles. The Labute approximate surface area is 356 Å². The first-order valence-electron chi connectivity index (χ1n) is 19.7. The molecule has 6 N–H and O–H groups in total. The van der Waals surface area contributed by atoms with Crippen LogP contribution in [-0.4, -0.2) is 113 Å². The van der Waals surface area contributed by atoms with E-state index in [1.165, 1.54) is 17.2 Å². The van der Waals surface area contributed by atoms with Crippen LogP contribution in [-0.2, 0) is 39.5 Å². The van der Waals surface area contributed by atoms with E-state index >= 15 is 0 Å². The first-order chi connectivity index (χ1) is 28.8. The molecule has 0 aliphatic carbocycles. The average molecular weight is 900 g/mol. The molecular formula is C38H50N9O11PSSi. The van der Waals surface area contributed by atoms with Gasteiger partial charge >= 0.3 is 6.72 Å². The molecule has 5 aromatic rings. The van der Waals surface area contributed by atoms with Crippen molar-refractivity contribution >= 4 is 72.6 Å². The van der Waals surface area contributed by atoms with Crippen LogP contribution in [0.3, 0.4) is 0 Å². The lowest BCUT2D eigenvalue weighted by molar-refractivity contribution is -0.118. The van der Waals surface area contributed by atoms with Crippen LogP contribution in [0.1, 0.15) is 63.9 Å². The van der Waals surface area contributed by atoms with Gasteiger partial charge in [0.05, 0.1) is 31.0 Å². The second-order valence-electron chi connectivity index (χ2n) is 16.8. The maximum atomic E-state index is 13.1. The maximum absolute atomic E-state index is 13.1. The number of rotatable bonds is 14. The molecule has 2 aliphatic heterocycles. The molecule has 2 saturated heterocycles. The number of nitrogens with zero attached hydrogens (tertiary/aromatic N) is 6. The van der Waals surface area contributed by atoms with Gasteiger partial charge < -0.3 is 47.9 Å². The molecular weight excluding hydrogens is 850 g/mol. The predicted molar refractivity (Wildman–Crippen MR) is 228 cm³/mol. The second kappa shape index (κ2) is 17.4. The summed E-state index contributed by atoms with van der Waals surface area (Å²) < 4.78 is 34.3. The van der Waals surface area contributed by atoms with Crippen molar-refractivity contribution in [1.29, 1.82) is 0 Å². The molecule has 4 aromatic heterocycles. The number of aliphatic hydroxyl groups excluding tert-OH is 2. The second-order valence-corrected chi connectivity index (χ2v) is 24.3. The Morgan fingerprint density at radius 2 is 1.80 bits per heavy atom. The fourth-order valence-electron chi connectivity index (χ4n) is 6.74. The highest BCUT2D eigenvalue weighted by Gasteiger charge is 2.51. The van der Waals surface area contributed by atoms with Gasteiger partial charge in [0, 0.05) is 24.1 Å². The van der Waals surface area contributed by atoms with Crippen molar-refractivity contribution in [2.24, 2.45) is 5.92 Å². The molecule has 6 heterocycles. The van der Waals surface area contributed by atoms with Gasteiger partial charge in [-0.05, 0) is 48.1 Å². The molecule has 2 aliphatic rings. The van der Waals surface area contributed by atoms with Gasteiger partial charge in [-0.15, -0.1) is 0 Å². The summed E-state index contributed by atoms with van der Waals surface area (Å²) in [6, 6.07) is 10.5. The minimum Gasteiger partial charge on any atom is -0.407 e. The third-order valence-electron chi connectivity index (χ3n) is 11.1. The van der Waals surface area contributed by atoms with Gasteiger partial charge in [-0.3, -0.25) is 29.3 Å². The van der Waals surface area contributed by atoms with Crippen LogP contribution in [0, 0.1) is 5.92 Å². The van der Waals surface area contributed by atoms with Crippen molar-refractivity contribution in [1.82, 2.24) is 34.1 Å². The van der Waals surface area contributed by atoms with E-state index in [1.807, 2.05) is 19.2 Å². The van der Waals surface area contributed by atoms with Gasteiger partial charge in [0.25, 0.3) is 11.5 Å². The Balaban J connectivity index is 1.12. The standard InChI is InChI=1S/C38H50N9O11PSSi/c1-20(2)32(50)44-37-43-31-26(34(52)45-37)41-19-47(31)35-24(15-22(16-48)55-35)57-59(53,60)54-17-25-27(49)28(58-61(6,7)38(3,4)5)36(56-25)46-14-13-23-29(39-18-40-30(23)46)42-33(51)21-11-9-8-10-12-21/h8-14,18-20,22,24-25,27-28,35-36,48-49H,15-17H2,1-7H3,(H,53,60)(H,39,40,42,51)(H2,43,44,45,50,52)/t22-,24-,25+,27-,28-,35+,36+,59?/m0/s1. The van der Waals surface area contributed by atoms with Gasteiger partial charge in [0.2, 0.25) is 11.9 Å². The fourth-order valence-corrected chi connectivity index (χ4v) is 9.48. The number of carbonyl (C=O) groups is 2. The number of H-pyrrole nitrogens is 1. The van der Waals surface area contributed by atoms with Crippen LogP contribution >= 0.6 is 6.72 Å². The van der Waals surface area contributed by atoms with Crippen molar-refractivity contribution in [3.63, 3.8) is 0 Å². The van der Waals surface area contributed by atoms with Gasteiger partial charge in [-0.1, -0.05) is 52.8 Å². The Kier molecular flexibility index (Phi) is 12.8. The predicted octanol–water partition coefficient (Wildman–Crippen LogP) is 3.96. The highest BCUT2D eigenvalue weighted by atomic mass is 32.5. The topological polar surface area (TPSA) is 259 Å². The lowest BCUT2D eigenvalue weighted by atomic mass is 10.1. The molecule has 61 heavy (non-hydrogen) atoms. The van der Waals surface area contributed by atoms with Crippen LogP contribution in [0.15, 0.2) is 60.0 Å². The third kappa shape index (κ3) is 9.39.